The number of carboxylic acid groups (broad SMARTS) is 1. The lowest BCUT2D eigenvalue weighted by atomic mass is 9.98. The molecule has 0 saturated heterocycles. The van der Waals surface area contributed by atoms with Gasteiger partial charge in [0.25, 0.3) is 0 Å². The van der Waals surface area contributed by atoms with E-state index in [-0.39, 0.29) is 32.3 Å². The van der Waals surface area contributed by atoms with Gasteiger partial charge in [-0.05, 0) is 37.6 Å². The van der Waals surface area contributed by atoms with Gasteiger partial charge in [0.15, 0.2) is 5.01 Å². The number of rotatable bonds is 13. The van der Waals surface area contributed by atoms with E-state index in [1.165, 1.54) is 31.6 Å². The fourth-order valence-corrected chi connectivity index (χ4v) is 5.46. The van der Waals surface area contributed by atoms with Crippen LogP contribution in [0.4, 0.5) is 4.39 Å². The summed E-state index contributed by atoms with van der Waals surface area (Å²) in [5, 5.41) is 11.2. The topological polar surface area (TPSA) is 76.5 Å². The summed E-state index contributed by atoms with van der Waals surface area (Å²) in [7, 11) is 1.59. The molecule has 1 atom stereocenters. The number of thiazole rings is 1. The fraction of sp³-hybridized carbons (Fsp3) is 0.345. The summed E-state index contributed by atoms with van der Waals surface area (Å²) in [6.45, 7) is 3.58. The quantitative estimate of drug-likeness (QED) is 0.124. The molecular weight excluding hydrogens is 548 g/mol. The zero-order valence-electron chi connectivity index (χ0n) is 21.5. The monoisotopic (exact) mass is 577 g/mol. The maximum Gasteiger partial charge on any atom is 0.331 e. The molecule has 1 N–H and O–H groups in total. The lowest BCUT2D eigenvalue weighted by Crippen LogP contribution is -2.06. The van der Waals surface area contributed by atoms with E-state index in [4.69, 9.17) is 33.0 Å². The van der Waals surface area contributed by atoms with Crippen LogP contribution in [0.3, 0.4) is 0 Å². The second-order valence-corrected chi connectivity index (χ2v) is 10.7. The molecule has 9 heteroatoms. The second kappa shape index (κ2) is 14.0. The summed E-state index contributed by atoms with van der Waals surface area (Å²) in [6.07, 6.45) is 7.25. The van der Waals surface area contributed by atoms with Crippen molar-refractivity contribution in [1.82, 2.24) is 4.98 Å². The number of ether oxygens (including phenoxy) is 1. The SMILES string of the molecule is CCCCCCCC(OC)c1cccc(-c2csc(C(=O)c3cc(Cl)c(C=C(C)C(=O)O)c(Cl)c3)n2)c1F. The first kappa shape index (κ1) is 30.0. The molecule has 0 radical (unpaired) electrons. The number of unbranched alkanes of at least 4 members (excludes halogenated alkanes) is 4. The molecule has 5 nitrogen and oxygen atoms in total. The minimum atomic E-state index is -1.10. The fourth-order valence-electron chi connectivity index (χ4n) is 4.09. The number of halogens is 3. The molecule has 0 amide bonds. The van der Waals surface area contributed by atoms with Crippen molar-refractivity contribution in [2.75, 3.05) is 7.11 Å². The first-order chi connectivity index (χ1) is 18.2. The van der Waals surface area contributed by atoms with E-state index in [0.717, 1.165) is 43.4 Å². The largest absolute Gasteiger partial charge is 0.478 e. The summed E-state index contributed by atoms with van der Waals surface area (Å²) in [6, 6.07) is 7.97. The van der Waals surface area contributed by atoms with E-state index >= 15 is 4.39 Å². The van der Waals surface area contributed by atoms with Gasteiger partial charge in [0.2, 0.25) is 5.78 Å². The average molecular weight is 579 g/mol. The van der Waals surface area contributed by atoms with E-state index in [1.54, 1.807) is 30.7 Å². The number of carbonyl (C=O) groups is 2. The van der Waals surface area contributed by atoms with Crippen LogP contribution in [0.5, 0.6) is 0 Å². The highest BCUT2D eigenvalue weighted by molar-refractivity contribution is 7.12. The van der Waals surface area contributed by atoms with Crippen LogP contribution in [-0.4, -0.2) is 29.0 Å². The van der Waals surface area contributed by atoms with Gasteiger partial charge >= 0.3 is 5.97 Å². The van der Waals surface area contributed by atoms with E-state index in [9.17, 15) is 9.59 Å². The van der Waals surface area contributed by atoms with Crippen LogP contribution in [-0.2, 0) is 9.53 Å². The number of benzene rings is 2. The van der Waals surface area contributed by atoms with Crippen LogP contribution in [0, 0.1) is 5.82 Å². The number of carbonyl (C=O) groups excluding carboxylic acids is 1. The van der Waals surface area contributed by atoms with E-state index in [0.29, 0.717) is 22.4 Å². The Kier molecular flexibility index (Phi) is 11.0. The minimum absolute atomic E-state index is 0.0499. The lowest BCUT2D eigenvalue weighted by molar-refractivity contribution is -0.132. The summed E-state index contributed by atoms with van der Waals surface area (Å²) in [5.41, 5.74) is 1.68. The molecule has 0 aliphatic heterocycles. The Morgan fingerprint density at radius 2 is 1.84 bits per heavy atom. The number of ketones is 1. The number of carboxylic acids is 1. The molecule has 0 spiro atoms. The number of hydrogen-bond donors (Lipinski definition) is 1. The van der Waals surface area contributed by atoms with Crippen molar-refractivity contribution in [3.8, 4) is 11.3 Å². The highest BCUT2D eigenvalue weighted by Crippen LogP contribution is 2.34. The van der Waals surface area contributed by atoms with Crippen molar-refractivity contribution in [3.63, 3.8) is 0 Å². The zero-order chi connectivity index (χ0) is 27.8. The number of aromatic nitrogens is 1. The van der Waals surface area contributed by atoms with Gasteiger partial charge in [-0.2, -0.15) is 0 Å². The molecule has 0 fully saturated rings. The summed E-state index contributed by atoms with van der Waals surface area (Å²) in [4.78, 5) is 28.7. The molecule has 0 saturated carbocycles. The Bertz CT molecular complexity index is 1310. The first-order valence-electron chi connectivity index (χ1n) is 12.4. The van der Waals surface area contributed by atoms with Crippen molar-refractivity contribution >= 4 is 52.4 Å². The predicted octanol–water partition coefficient (Wildman–Crippen LogP) is 9.02. The highest BCUT2D eigenvalue weighted by Gasteiger charge is 2.22. The third kappa shape index (κ3) is 7.29. The molecule has 1 heterocycles. The summed E-state index contributed by atoms with van der Waals surface area (Å²) in [5.74, 6) is -1.94. The van der Waals surface area contributed by atoms with Crippen LogP contribution < -0.4 is 0 Å². The number of nitrogens with zero attached hydrogens (tertiary/aromatic N) is 1. The van der Waals surface area contributed by atoms with Gasteiger partial charge in [-0.3, -0.25) is 4.79 Å². The smallest absolute Gasteiger partial charge is 0.331 e. The Labute approximate surface area is 236 Å². The summed E-state index contributed by atoms with van der Waals surface area (Å²) < 4.78 is 21.2. The first-order valence-corrected chi connectivity index (χ1v) is 14.0. The second-order valence-electron chi connectivity index (χ2n) is 8.99. The molecule has 0 bridgehead atoms. The van der Waals surface area contributed by atoms with Gasteiger partial charge < -0.3 is 9.84 Å². The van der Waals surface area contributed by atoms with Crippen LogP contribution in [0.1, 0.15) is 85.0 Å². The maximum atomic E-state index is 15.6. The standard InChI is InChI=1S/C29H30Cl2FNO4S/c1-4-5-6-7-8-12-25(37-3)20-11-9-10-19(26(20)32)24-16-38-28(33-24)27(34)18-14-22(30)21(23(31)15-18)13-17(2)29(35)36/h9-11,13-16,25H,4-8,12H2,1-3H3,(H,35,36). The van der Waals surface area contributed by atoms with Crippen LogP contribution >= 0.6 is 34.5 Å². The predicted molar refractivity (Wildman–Crippen MR) is 152 cm³/mol. The van der Waals surface area contributed by atoms with Crippen molar-refractivity contribution < 1.29 is 23.8 Å². The maximum absolute atomic E-state index is 15.6. The molecule has 0 aliphatic rings. The Morgan fingerprint density at radius 3 is 2.47 bits per heavy atom. The Hall–Kier alpha value is -2.58. The average Bonchev–Trinajstić information content (AvgIpc) is 3.38. The van der Waals surface area contributed by atoms with E-state index in [1.807, 2.05) is 0 Å². The molecule has 3 rings (SSSR count). The third-order valence-corrected chi connectivity index (χ3v) is 7.71. The number of aliphatic carboxylic acids is 1. The van der Waals surface area contributed by atoms with Gasteiger partial charge in [0.1, 0.15) is 5.82 Å². The number of methoxy groups -OCH3 is 1. The molecular formula is C29H30Cl2FNO4S. The molecule has 1 aromatic heterocycles. The third-order valence-electron chi connectivity index (χ3n) is 6.24. The Balaban J connectivity index is 1.84. The lowest BCUT2D eigenvalue weighted by Gasteiger charge is -2.17. The van der Waals surface area contributed by atoms with Crippen molar-refractivity contribution in [2.45, 2.75) is 58.5 Å². The van der Waals surface area contributed by atoms with Crippen molar-refractivity contribution in [3.05, 3.63) is 78.8 Å². The molecule has 3 aromatic rings. The van der Waals surface area contributed by atoms with Gasteiger partial charge in [0, 0.05) is 40.3 Å². The molecule has 1 unspecified atom stereocenters. The van der Waals surface area contributed by atoms with E-state index in [2.05, 4.69) is 11.9 Å². The molecule has 2 aromatic carbocycles. The van der Waals surface area contributed by atoms with Gasteiger partial charge in [-0.25, -0.2) is 14.2 Å². The minimum Gasteiger partial charge on any atom is -0.478 e. The molecule has 0 aliphatic carbocycles. The molecule has 202 valence electrons. The van der Waals surface area contributed by atoms with Crippen molar-refractivity contribution in [1.29, 1.82) is 0 Å². The van der Waals surface area contributed by atoms with Gasteiger partial charge in [0.05, 0.1) is 21.8 Å². The number of hydrogen-bond acceptors (Lipinski definition) is 5. The normalized spacial score (nSPS) is 12.5. The van der Waals surface area contributed by atoms with Crippen LogP contribution in [0.2, 0.25) is 10.0 Å². The summed E-state index contributed by atoms with van der Waals surface area (Å²) >= 11 is 13.7. The Morgan fingerprint density at radius 1 is 1.16 bits per heavy atom. The van der Waals surface area contributed by atoms with Gasteiger partial charge in [-0.15, -0.1) is 11.3 Å². The van der Waals surface area contributed by atoms with E-state index < -0.39 is 17.6 Å². The van der Waals surface area contributed by atoms with Crippen molar-refractivity contribution in [2.24, 2.45) is 0 Å². The molecule has 38 heavy (non-hydrogen) atoms. The van der Waals surface area contributed by atoms with Crippen LogP contribution in [0.25, 0.3) is 17.3 Å². The van der Waals surface area contributed by atoms with Gasteiger partial charge in [-0.1, -0.05) is 74.4 Å². The zero-order valence-corrected chi connectivity index (χ0v) is 23.9. The van der Waals surface area contributed by atoms with Crippen LogP contribution in [0.15, 0.2) is 41.3 Å². The highest BCUT2D eigenvalue weighted by atomic mass is 35.5.